The van der Waals surface area contributed by atoms with Crippen LogP contribution in [0.2, 0.25) is 0 Å². The van der Waals surface area contributed by atoms with E-state index >= 15 is 0 Å². The Morgan fingerprint density at radius 3 is 2.40 bits per heavy atom. The van der Waals surface area contributed by atoms with E-state index < -0.39 is 9.84 Å². The van der Waals surface area contributed by atoms with E-state index in [-0.39, 0.29) is 34.5 Å². The number of anilines is 2. The minimum Gasteiger partial charge on any atom is -0.506 e. The number of rotatable bonds is 7. The fourth-order valence-electron chi connectivity index (χ4n) is 2.36. The number of carbonyl (C=O) groups is 1. The summed E-state index contributed by atoms with van der Waals surface area (Å²) in [5, 5.41) is 12.5. The lowest BCUT2D eigenvalue weighted by atomic mass is 10.2. The Hall–Kier alpha value is -2.54. The second kappa shape index (κ2) is 8.02. The maximum Gasteiger partial charge on any atom is 0.243 e. The van der Waals surface area contributed by atoms with E-state index in [4.69, 9.17) is 0 Å². The molecule has 0 bridgehead atoms. The van der Waals surface area contributed by atoms with Crippen molar-refractivity contribution in [2.24, 2.45) is 0 Å². The first-order valence-electron chi connectivity index (χ1n) is 8.03. The Kier molecular flexibility index (Phi) is 6.03. The summed E-state index contributed by atoms with van der Waals surface area (Å²) >= 11 is 0. The summed E-state index contributed by atoms with van der Waals surface area (Å²) in [5.74, 6) is -0.568. The summed E-state index contributed by atoms with van der Waals surface area (Å²) in [6, 6.07) is 13.4. The van der Waals surface area contributed by atoms with Crippen LogP contribution in [0.1, 0.15) is 13.8 Å². The van der Waals surface area contributed by atoms with E-state index in [1.165, 1.54) is 18.2 Å². The third-order valence-electron chi connectivity index (χ3n) is 3.82. The van der Waals surface area contributed by atoms with Gasteiger partial charge in [0.1, 0.15) is 5.75 Å². The maximum atomic E-state index is 12.3. The van der Waals surface area contributed by atoms with Crippen LogP contribution in [0, 0.1) is 0 Å². The summed E-state index contributed by atoms with van der Waals surface area (Å²) in [7, 11) is -3.42. The standard InChI is InChI=1S/C18H22N2O4S/c1-3-20(14-8-6-5-7-9-14)13-18(22)19-16-12-15(10-11-17(16)21)25(23,24)4-2/h5-12,21H,3-4,13H2,1-2H3,(H,19,22). The molecule has 25 heavy (non-hydrogen) atoms. The van der Waals surface area contributed by atoms with Gasteiger partial charge < -0.3 is 15.3 Å². The van der Waals surface area contributed by atoms with Crippen LogP contribution >= 0.6 is 0 Å². The van der Waals surface area contributed by atoms with Crippen LogP contribution in [0.25, 0.3) is 0 Å². The molecule has 0 aliphatic heterocycles. The topological polar surface area (TPSA) is 86.7 Å². The van der Waals surface area contributed by atoms with Crippen LogP contribution in [0.5, 0.6) is 5.75 Å². The first-order valence-corrected chi connectivity index (χ1v) is 9.68. The van der Waals surface area contributed by atoms with Gasteiger partial charge in [0.15, 0.2) is 9.84 Å². The van der Waals surface area contributed by atoms with E-state index in [2.05, 4.69) is 5.32 Å². The molecular formula is C18H22N2O4S. The molecule has 0 aliphatic carbocycles. The van der Waals surface area contributed by atoms with Crippen LogP contribution < -0.4 is 10.2 Å². The third kappa shape index (κ3) is 4.73. The first kappa shape index (κ1) is 18.8. The van der Waals surface area contributed by atoms with Crippen molar-refractivity contribution in [3.63, 3.8) is 0 Å². The number of hydrogen-bond donors (Lipinski definition) is 2. The predicted octanol–water partition coefficient (Wildman–Crippen LogP) is 2.65. The Balaban J connectivity index is 2.16. The maximum absolute atomic E-state index is 12.3. The summed E-state index contributed by atoms with van der Waals surface area (Å²) in [4.78, 5) is 14.3. The van der Waals surface area contributed by atoms with Crippen LogP contribution in [0.3, 0.4) is 0 Å². The Morgan fingerprint density at radius 2 is 1.80 bits per heavy atom. The molecular weight excluding hydrogens is 340 g/mol. The quantitative estimate of drug-likeness (QED) is 0.740. The second-order valence-corrected chi connectivity index (χ2v) is 7.76. The van der Waals surface area contributed by atoms with Gasteiger partial charge in [-0.2, -0.15) is 0 Å². The molecule has 0 fully saturated rings. The molecule has 2 N–H and O–H groups in total. The largest absolute Gasteiger partial charge is 0.506 e. The Morgan fingerprint density at radius 1 is 1.12 bits per heavy atom. The van der Waals surface area contributed by atoms with Crippen molar-refractivity contribution < 1.29 is 18.3 Å². The number of nitrogens with zero attached hydrogens (tertiary/aromatic N) is 1. The number of phenolic OH excluding ortho intramolecular Hbond substituents is 1. The molecule has 7 heteroatoms. The van der Waals surface area contributed by atoms with Crippen molar-refractivity contribution in [3.05, 3.63) is 48.5 Å². The zero-order valence-corrected chi connectivity index (χ0v) is 15.1. The molecule has 2 aromatic carbocycles. The van der Waals surface area contributed by atoms with Crippen LogP contribution in [-0.2, 0) is 14.6 Å². The van der Waals surface area contributed by atoms with Gasteiger partial charge in [-0.25, -0.2) is 8.42 Å². The summed E-state index contributed by atoms with van der Waals surface area (Å²) < 4.78 is 23.9. The number of hydrogen-bond acceptors (Lipinski definition) is 5. The van der Waals surface area contributed by atoms with Gasteiger partial charge in [-0.3, -0.25) is 4.79 Å². The molecule has 0 saturated carbocycles. The lowest BCUT2D eigenvalue weighted by Crippen LogP contribution is -2.33. The Labute approximate surface area is 148 Å². The number of likely N-dealkylation sites (N-methyl/N-ethyl adjacent to an activating group) is 1. The van der Waals surface area contributed by atoms with Gasteiger partial charge in [0.25, 0.3) is 0 Å². The van der Waals surface area contributed by atoms with Gasteiger partial charge >= 0.3 is 0 Å². The van der Waals surface area contributed by atoms with Crippen molar-refractivity contribution in [2.45, 2.75) is 18.7 Å². The van der Waals surface area contributed by atoms with E-state index in [9.17, 15) is 18.3 Å². The van der Waals surface area contributed by atoms with Crippen molar-refractivity contribution in [1.29, 1.82) is 0 Å². The van der Waals surface area contributed by atoms with Crippen molar-refractivity contribution >= 4 is 27.1 Å². The van der Waals surface area contributed by atoms with Gasteiger partial charge in [-0.05, 0) is 37.3 Å². The fraction of sp³-hybridized carbons (Fsp3) is 0.278. The van der Waals surface area contributed by atoms with Gasteiger partial charge in [0.2, 0.25) is 5.91 Å². The molecule has 0 heterocycles. The number of nitrogens with one attached hydrogen (secondary N) is 1. The average Bonchev–Trinajstić information content (AvgIpc) is 2.62. The lowest BCUT2D eigenvalue weighted by molar-refractivity contribution is -0.115. The molecule has 0 saturated heterocycles. The first-order chi connectivity index (χ1) is 11.9. The van der Waals surface area contributed by atoms with Crippen molar-refractivity contribution in [2.75, 3.05) is 29.1 Å². The number of aromatic hydroxyl groups is 1. The molecule has 0 spiro atoms. The van der Waals surface area contributed by atoms with Gasteiger partial charge in [0.05, 0.1) is 22.9 Å². The monoisotopic (exact) mass is 362 g/mol. The highest BCUT2D eigenvalue weighted by Gasteiger charge is 2.16. The molecule has 0 aromatic heterocycles. The van der Waals surface area contributed by atoms with Crippen molar-refractivity contribution in [1.82, 2.24) is 0 Å². The molecule has 0 aliphatic rings. The number of amides is 1. The third-order valence-corrected chi connectivity index (χ3v) is 5.55. The smallest absolute Gasteiger partial charge is 0.243 e. The minimum absolute atomic E-state index is 0.0528. The average molecular weight is 362 g/mol. The fourth-order valence-corrected chi connectivity index (χ4v) is 3.27. The van der Waals surface area contributed by atoms with E-state index in [1.54, 1.807) is 6.92 Å². The molecule has 134 valence electrons. The van der Waals surface area contributed by atoms with Gasteiger partial charge in [-0.1, -0.05) is 25.1 Å². The molecule has 2 rings (SSSR count). The molecule has 0 unspecified atom stereocenters. The molecule has 2 aromatic rings. The zero-order chi connectivity index (χ0) is 18.4. The second-order valence-electron chi connectivity index (χ2n) is 5.48. The number of sulfone groups is 1. The number of carbonyl (C=O) groups excluding carboxylic acids is 1. The highest BCUT2D eigenvalue weighted by atomic mass is 32.2. The van der Waals surface area contributed by atoms with E-state index in [0.717, 1.165) is 5.69 Å². The molecule has 1 amide bonds. The lowest BCUT2D eigenvalue weighted by Gasteiger charge is -2.22. The van der Waals surface area contributed by atoms with Crippen LogP contribution in [-0.4, -0.2) is 38.3 Å². The number of phenols is 1. The van der Waals surface area contributed by atoms with E-state index in [0.29, 0.717) is 6.54 Å². The zero-order valence-electron chi connectivity index (χ0n) is 14.3. The number of para-hydroxylation sites is 1. The van der Waals surface area contributed by atoms with Gasteiger partial charge in [0, 0.05) is 12.2 Å². The highest BCUT2D eigenvalue weighted by molar-refractivity contribution is 7.91. The summed E-state index contributed by atoms with van der Waals surface area (Å²) in [6.45, 7) is 4.20. The van der Waals surface area contributed by atoms with Gasteiger partial charge in [-0.15, -0.1) is 0 Å². The summed E-state index contributed by atoms with van der Waals surface area (Å²) in [5.41, 5.74) is 0.996. The minimum atomic E-state index is -3.42. The highest BCUT2D eigenvalue weighted by Crippen LogP contribution is 2.27. The van der Waals surface area contributed by atoms with Crippen LogP contribution in [0.15, 0.2) is 53.4 Å². The van der Waals surface area contributed by atoms with E-state index in [1.807, 2.05) is 42.2 Å². The molecule has 0 atom stereocenters. The normalized spacial score (nSPS) is 11.1. The predicted molar refractivity (Wildman–Crippen MR) is 98.8 cm³/mol. The molecule has 0 radical (unpaired) electrons. The van der Waals surface area contributed by atoms with Crippen LogP contribution in [0.4, 0.5) is 11.4 Å². The summed E-state index contributed by atoms with van der Waals surface area (Å²) in [6.07, 6.45) is 0. The number of benzene rings is 2. The Bertz CT molecular complexity index is 835. The van der Waals surface area contributed by atoms with Crippen molar-refractivity contribution in [3.8, 4) is 5.75 Å². The SMILES string of the molecule is CCN(CC(=O)Nc1cc(S(=O)(=O)CC)ccc1O)c1ccccc1. The molecule has 6 nitrogen and oxygen atoms in total.